The van der Waals surface area contributed by atoms with Crippen LogP contribution in [-0.4, -0.2) is 39.5 Å². The van der Waals surface area contributed by atoms with E-state index in [1.165, 1.54) is 15.6 Å². The Morgan fingerprint density at radius 1 is 1.08 bits per heavy atom. The zero-order valence-electron chi connectivity index (χ0n) is 21.2. The molecule has 2 amide bonds. The zero-order chi connectivity index (χ0) is 26.5. The number of rotatable bonds is 9. The lowest BCUT2D eigenvalue weighted by Crippen LogP contribution is -2.47. The van der Waals surface area contributed by atoms with Crippen molar-refractivity contribution in [3.63, 3.8) is 0 Å². The smallest absolute Gasteiger partial charge is 0.249 e. The number of para-hydroxylation sites is 1. The van der Waals surface area contributed by atoms with Gasteiger partial charge in [0, 0.05) is 23.4 Å². The first-order valence-electron chi connectivity index (χ1n) is 12.9. The van der Waals surface area contributed by atoms with Gasteiger partial charge in [0.15, 0.2) is 0 Å². The number of benzene rings is 3. The summed E-state index contributed by atoms with van der Waals surface area (Å²) in [4.78, 5) is 29.3. The molecule has 3 aromatic carbocycles. The first-order valence-corrected chi connectivity index (χ1v) is 12.9. The average molecular weight is 516 g/mol. The van der Waals surface area contributed by atoms with E-state index in [0.29, 0.717) is 29.1 Å². The maximum Gasteiger partial charge on any atom is 0.249 e. The predicted octanol–water partition coefficient (Wildman–Crippen LogP) is 4.80. The van der Waals surface area contributed by atoms with Gasteiger partial charge in [-0.3, -0.25) is 14.5 Å². The van der Waals surface area contributed by atoms with Crippen molar-refractivity contribution < 1.29 is 18.7 Å². The zero-order valence-corrected chi connectivity index (χ0v) is 21.2. The van der Waals surface area contributed by atoms with Gasteiger partial charge in [-0.15, -0.1) is 5.10 Å². The largest absolute Gasteiger partial charge is 0.494 e. The van der Waals surface area contributed by atoms with E-state index >= 15 is 4.39 Å². The monoisotopic (exact) mass is 515 g/mol. The van der Waals surface area contributed by atoms with Gasteiger partial charge in [-0.05, 0) is 50.1 Å². The predicted molar refractivity (Wildman–Crippen MR) is 142 cm³/mol. The number of anilines is 1. The molecule has 0 radical (unpaired) electrons. The van der Waals surface area contributed by atoms with Gasteiger partial charge < -0.3 is 10.1 Å². The van der Waals surface area contributed by atoms with Gasteiger partial charge in [-0.25, -0.2) is 9.07 Å². The average Bonchev–Trinajstić information content (AvgIpc) is 3.58. The van der Waals surface area contributed by atoms with Crippen LogP contribution in [0, 0.1) is 5.82 Å². The molecule has 5 rings (SSSR count). The van der Waals surface area contributed by atoms with Crippen LogP contribution in [0.3, 0.4) is 0 Å². The molecule has 1 saturated carbocycles. The number of carbonyl (C=O) groups excluding carboxylic acids is 2. The highest BCUT2D eigenvalue weighted by Gasteiger charge is 2.36. The third-order valence-corrected chi connectivity index (χ3v) is 6.79. The maximum absolute atomic E-state index is 15.3. The van der Waals surface area contributed by atoms with Crippen molar-refractivity contribution in [1.29, 1.82) is 0 Å². The van der Waals surface area contributed by atoms with Crippen molar-refractivity contribution in [2.45, 2.75) is 51.2 Å². The number of aromatic nitrogens is 3. The summed E-state index contributed by atoms with van der Waals surface area (Å²) in [7, 11) is 0. The number of ether oxygens (including phenoxy) is 1. The fraction of sp³-hybridized carbons (Fsp3) is 0.310. The molecule has 0 spiro atoms. The van der Waals surface area contributed by atoms with Crippen LogP contribution in [0.15, 0.2) is 72.8 Å². The summed E-state index contributed by atoms with van der Waals surface area (Å²) < 4.78 is 22.4. The van der Waals surface area contributed by atoms with Crippen LogP contribution in [0.2, 0.25) is 0 Å². The SMILES string of the molecule is CCOc1cccc(N(C(=O)Cn2nnc3ccccc32)[C@H](C(=O)NC2CCCC2)c2ccccc2F)c1. The van der Waals surface area contributed by atoms with Gasteiger partial charge in [0.05, 0.1) is 12.1 Å². The molecule has 1 N–H and O–H groups in total. The van der Waals surface area contributed by atoms with E-state index in [9.17, 15) is 9.59 Å². The maximum atomic E-state index is 15.3. The summed E-state index contributed by atoms with van der Waals surface area (Å²) in [5.41, 5.74) is 1.86. The van der Waals surface area contributed by atoms with Crippen LogP contribution in [0.1, 0.15) is 44.2 Å². The van der Waals surface area contributed by atoms with E-state index in [4.69, 9.17) is 4.74 Å². The lowest BCUT2D eigenvalue weighted by molar-refractivity contribution is -0.127. The van der Waals surface area contributed by atoms with Gasteiger partial charge in [0.25, 0.3) is 0 Å². The highest BCUT2D eigenvalue weighted by molar-refractivity contribution is 6.01. The van der Waals surface area contributed by atoms with E-state index in [2.05, 4.69) is 15.6 Å². The van der Waals surface area contributed by atoms with Crippen LogP contribution < -0.4 is 15.0 Å². The molecule has 0 bridgehead atoms. The lowest BCUT2D eigenvalue weighted by Gasteiger charge is -2.32. The number of nitrogens with one attached hydrogen (secondary N) is 1. The van der Waals surface area contributed by atoms with Crippen LogP contribution in [-0.2, 0) is 16.1 Å². The fourth-order valence-electron chi connectivity index (χ4n) is 5.01. The Labute approximate surface area is 220 Å². The molecule has 8 nitrogen and oxygen atoms in total. The standard InChI is InChI=1S/C29H30FN5O3/c1-2-38-22-13-9-12-21(18-22)35(27(36)19-34-26-17-8-7-16-25(26)32-33-34)28(23-14-5-6-15-24(23)30)29(37)31-20-10-3-4-11-20/h5-9,12-18,20,28H,2-4,10-11,19H2,1H3,(H,31,37)/t28-/m0/s1. The lowest BCUT2D eigenvalue weighted by atomic mass is 10.0. The van der Waals surface area contributed by atoms with Gasteiger partial charge in [0.2, 0.25) is 11.8 Å². The second-order valence-corrected chi connectivity index (χ2v) is 9.34. The first kappa shape index (κ1) is 25.4. The van der Waals surface area contributed by atoms with Crippen molar-refractivity contribution >= 4 is 28.5 Å². The van der Waals surface area contributed by atoms with Crippen molar-refractivity contribution in [3.05, 3.63) is 84.2 Å². The molecule has 38 heavy (non-hydrogen) atoms. The van der Waals surface area contributed by atoms with Crippen LogP contribution in [0.4, 0.5) is 10.1 Å². The summed E-state index contributed by atoms with van der Waals surface area (Å²) in [5, 5.41) is 11.4. The van der Waals surface area contributed by atoms with E-state index in [1.54, 1.807) is 42.5 Å². The Morgan fingerprint density at radius 3 is 2.63 bits per heavy atom. The molecule has 1 atom stereocenters. The molecule has 0 saturated heterocycles. The topological polar surface area (TPSA) is 89.3 Å². The highest BCUT2D eigenvalue weighted by atomic mass is 19.1. The highest BCUT2D eigenvalue weighted by Crippen LogP contribution is 2.33. The normalized spacial score (nSPS) is 14.4. The third kappa shape index (κ3) is 5.37. The van der Waals surface area contributed by atoms with Gasteiger partial charge in [-0.2, -0.15) is 0 Å². The molecule has 1 aromatic heterocycles. The van der Waals surface area contributed by atoms with Crippen LogP contribution in [0.25, 0.3) is 11.0 Å². The summed E-state index contributed by atoms with van der Waals surface area (Å²) in [6.07, 6.45) is 3.75. The van der Waals surface area contributed by atoms with E-state index in [1.807, 2.05) is 31.2 Å². The number of carbonyl (C=O) groups is 2. The number of nitrogens with zero attached hydrogens (tertiary/aromatic N) is 4. The first-order chi connectivity index (χ1) is 18.5. The molecule has 1 aliphatic carbocycles. The molecule has 4 aromatic rings. The molecule has 0 aliphatic heterocycles. The van der Waals surface area contributed by atoms with E-state index in [-0.39, 0.29) is 18.2 Å². The molecular formula is C29H30FN5O3. The van der Waals surface area contributed by atoms with Gasteiger partial charge in [-0.1, -0.05) is 54.5 Å². The van der Waals surface area contributed by atoms with Crippen molar-refractivity contribution in [2.24, 2.45) is 0 Å². The summed E-state index contributed by atoms with van der Waals surface area (Å²) >= 11 is 0. The Bertz CT molecular complexity index is 1430. The molecule has 0 unspecified atom stereocenters. The number of halogens is 1. The minimum Gasteiger partial charge on any atom is -0.494 e. The van der Waals surface area contributed by atoms with Gasteiger partial charge >= 0.3 is 0 Å². The quantitative estimate of drug-likeness (QED) is 0.346. The minimum absolute atomic E-state index is 0.0113. The Kier molecular flexibility index (Phi) is 7.62. The molecule has 1 aliphatic rings. The second kappa shape index (κ2) is 11.4. The minimum atomic E-state index is -1.24. The number of fused-ring (bicyclic) bond motifs is 1. The summed E-state index contributed by atoms with van der Waals surface area (Å²) in [6, 6.07) is 19.1. The summed E-state index contributed by atoms with van der Waals surface area (Å²) in [5.74, 6) is -0.897. The number of hydrogen-bond acceptors (Lipinski definition) is 5. The van der Waals surface area contributed by atoms with Crippen LogP contribution >= 0.6 is 0 Å². The second-order valence-electron chi connectivity index (χ2n) is 9.34. The molecule has 9 heteroatoms. The summed E-state index contributed by atoms with van der Waals surface area (Å²) in [6.45, 7) is 2.10. The van der Waals surface area contributed by atoms with E-state index < -0.39 is 23.7 Å². The Hall–Kier alpha value is -4.27. The van der Waals surface area contributed by atoms with Crippen molar-refractivity contribution in [2.75, 3.05) is 11.5 Å². The molecular weight excluding hydrogens is 485 g/mol. The molecule has 1 fully saturated rings. The molecule has 196 valence electrons. The third-order valence-electron chi connectivity index (χ3n) is 6.79. The Balaban J connectivity index is 1.60. The fourth-order valence-corrected chi connectivity index (χ4v) is 5.01. The number of hydrogen-bond donors (Lipinski definition) is 1. The Morgan fingerprint density at radius 2 is 1.84 bits per heavy atom. The van der Waals surface area contributed by atoms with Crippen LogP contribution in [0.5, 0.6) is 5.75 Å². The number of amides is 2. The van der Waals surface area contributed by atoms with Gasteiger partial charge in [0.1, 0.15) is 29.7 Å². The van der Waals surface area contributed by atoms with E-state index in [0.717, 1.165) is 25.7 Å². The van der Waals surface area contributed by atoms with Crippen molar-refractivity contribution in [3.8, 4) is 5.75 Å². The van der Waals surface area contributed by atoms with Crippen molar-refractivity contribution in [1.82, 2.24) is 20.3 Å². The molecule has 1 heterocycles.